The fourth-order valence-corrected chi connectivity index (χ4v) is 3.60. The Kier molecular flexibility index (Phi) is 4.96. The van der Waals surface area contributed by atoms with Crippen LogP contribution in [0, 0.1) is 5.92 Å². The number of hydrogen-bond donors (Lipinski definition) is 1. The Bertz CT molecular complexity index is 561. The number of amides is 2. The zero-order chi connectivity index (χ0) is 16.2. The maximum absolute atomic E-state index is 12.6. The minimum atomic E-state index is 0.0581. The highest BCUT2D eigenvalue weighted by molar-refractivity contribution is 5.94. The fourth-order valence-electron chi connectivity index (χ4n) is 3.60. The zero-order valence-electron chi connectivity index (χ0n) is 13.5. The second kappa shape index (κ2) is 7.13. The highest BCUT2D eigenvalue weighted by Crippen LogP contribution is 2.26. The first-order valence-electron chi connectivity index (χ1n) is 8.54. The molecule has 1 heterocycles. The van der Waals surface area contributed by atoms with E-state index < -0.39 is 0 Å². The van der Waals surface area contributed by atoms with Crippen LogP contribution < -0.4 is 5.73 Å². The summed E-state index contributed by atoms with van der Waals surface area (Å²) < 4.78 is 0. The summed E-state index contributed by atoms with van der Waals surface area (Å²) in [6.45, 7) is 2.69. The first kappa shape index (κ1) is 16.0. The first-order chi connectivity index (χ1) is 11.1. The molecule has 1 aliphatic heterocycles. The van der Waals surface area contributed by atoms with Gasteiger partial charge in [-0.15, -0.1) is 0 Å². The lowest BCUT2D eigenvalue weighted by molar-refractivity contribution is -0.135. The summed E-state index contributed by atoms with van der Waals surface area (Å²) in [7, 11) is 0. The van der Waals surface area contributed by atoms with Crippen LogP contribution in [0.4, 0.5) is 0 Å². The van der Waals surface area contributed by atoms with Crippen molar-refractivity contribution in [2.24, 2.45) is 11.7 Å². The highest BCUT2D eigenvalue weighted by Gasteiger charge is 2.32. The van der Waals surface area contributed by atoms with Crippen LogP contribution in [0.25, 0.3) is 0 Å². The van der Waals surface area contributed by atoms with Crippen LogP contribution in [0.5, 0.6) is 0 Å². The third kappa shape index (κ3) is 3.72. The van der Waals surface area contributed by atoms with E-state index in [1.165, 1.54) is 0 Å². The maximum Gasteiger partial charge on any atom is 0.253 e. The number of nitrogens with zero attached hydrogens (tertiary/aromatic N) is 2. The molecule has 2 fully saturated rings. The molecule has 0 spiro atoms. The molecule has 1 aromatic rings. The van der Waals surface area contributed by atoms with Crippen molar-refractivity contribution in [1.29, 1.82) is 0 Å². The summed E-state index contributed by atoms with van der Waals surface area (Å²) >= 11 is 0. The standard InChI is InChI=1S/C18H25N3O2/c19-16-8-7-15(13-16)18(23)21-10-4-9-20(11-12-21)17(22)14-5-2-1-3-6-14/h1-3,5-6,15-16H,4,7-13,19H2. The van der Waals surface area contributed by atoms with Gasteiger partial charge in [0, 0.05) is 43.7 Å². The van der Waals surface area contributed by atoms with Gasteiger partial charge < -0.3 is 15.5 Å². The molecule has 2 N–H and O–H groups in total. The van der Waals surface area contributed by atoms with Gasteiger partial charge in [-0.05, 0) is 37.8 Å². The number of hydrogen-bond acceptors (Lipinski definition) is 3. The topological polar surface area (TPSA) is 66.6 Å². The van der Waals surface area contributed by atoms with Crippen LogP contribution in [-0.4, -0.2) is 53.8 Å². The Morgan fingerprint density at radius 1 is 0.957 bits per heavy atom. The van der Waals surface area contributed by atoms with Crippen LogP contribution in [0.3, 0.4) is 0 Å². The Balaban J connectivity index is 1.59. The van der Waals surface area contributed by atoms with Crippen molar-refractivity contribution in [2.45, 2.75) is 31.7 Å². The predicted molar refractivity (Wildman–Crippen MR) is 88.9 cm³/mol. The molecule has 0 bridgehead atoms. The quantitative estimate of drug-likeness (QED) is 0.899. The van der Waals surface area contributed by atoms with E-state index in [4.69, 9.17) is 5.73 Å². The fraction of sp³-hybridized carbons (Fsp3) is 0.556. The molecule has 2 atom stereocenters. The molecule has 1 aromatic carbocycles. The number of rotatable bonds is 2. The van der Waals surface area contributed by atoms with Crippen LogP contribution >= 0.6 is 0 Å². The lowest BCUT2D eigenvalue weighted by Gasteiger charge is -2.24. The third-order valence-electron chi connectivity index (χ3n) is 4.94. The van der Waals surface area contributed by atoms with Gasteiger partial charge in [-0.25, -0.2) is 0 Å². The monoisotopic (exact) mass is 315 g/mol. The van der Waals surface area contributed by atoms with Gasteiger partial charge in [0.1, 0.15) is 0 Å². The second-order valence-electron chi connectivity index (χ2n) is 6.61. The highest BCUT2D eigenvalue weighted by atomic mass is 16.2. The molecular formula is C18H25N3O2. The van der Waals surface area contributed by atoms with Crippen LogP contribution in [-0.2, 0) is 4.79 Å². The summed E-state index contributed by atoms with van der Waals surface area (Å²) in [4.78, 5) is 28.9. The number of nitrogens with two attached hydrogens (primary N) is 1. The van der Waals surface area contributed by atoms with E-state index >= 15 is 0 Å². The minimum absolute atomic E-state index is 0.0581. The van der Waals surface area contributed by atoms with Crippen molar-refractivity contribution in [3.05, 3.63) is 35.9 Å². The van der Waals surface area contributed by atoms with Gasteiger partial charge in [0.05, 0.1) is 0 Å². The van der Waals surface area contributed by atoms with Crippen LogP contribution in [0.15, 0.2) is 30.3 Å². The Labute approximate surface area is 137 Å². The summed E-state index contributed by atoms with van der Waals surface area (Å²) in [5, 5.41) is 0. The Hall–Kier alpha value is -1.88. The molecule has 3 rings (SSSR count). The predicted octanol–water partition coefficient (Wildman–Crippen LogP) is 1.49. The average Bonchev–Trinajstić information content (AvgIpc) is 2.87. The second-order valence-corrected chi connectivity index (χ2v) is 6.61. The van der Waals surface area contributed by atoms with Gasteiger partial charge in [0.15, 0.2) is 0 Å². The lowest BCUT2D eigenvalue weighted by atomic mass is 10.1. The maximum atomic E-state index is 12.6. The molecular weight excluding hydrogens is 290 g/mol. The lowest BCUT2D eigenvalue weighted by Crippen LogP contribution is -2.39. The molecule has 2 aliphatic rings. The summed E-state index contributed by atoms with van der Waals surface area (Å²) in [6, 6.07) is 9.53. The van der Waals surface area contributed by atoms with Gasteiger partial charge in [-0.1, -0.05) is 18.2 Å². The van der Waals surface area contributed by atoms with Crippen molar-refractivity contribution >= 4 is 11.8 Å². The van der Waals surface area contributed by atoms with Gasteiger partial charge in [0.2, 0.25) is 5.91 Å². The van der Waals surface area contributed by atoms with Gasteiger partial charge in [-0.2, -0.15) is 0 Å². The third-order valence-corrected chi connectivity index (χ3v) is 4.94. The molecule has 5 heteroatoms. The van der Waals surface area contributed by atoms with E-state index in [1.54, 1.807) is 0 Å². The van der Waals surface area contributed by atoms with E-state index in [-0.39, 0.29) is 23.8 Å². The Morgan fingerprint density at radius 3 is 2.35 bits per heavy atom. The molecule has 23 heavy (non-hydrogen) atoms. The van der Waals surface area contributed by atoms with E-state index in [0.29, 0.717) is 25.2 Å². The van der Waals surface area contributed by atoms with E-state index in [2.05, 4.69) is 0 Å². The average molecular weight is 315 g/mol. The number of benzene rings is 1. The van der Waals surface area contributed by atoms with Crippen molar-refractivity contribution in [1.82, 2.24) is 9.80 Å². The molecule has 124 valence electrons. The molecule has 1 saturated carbocycles. The number of carbonyl (C=O) groups is 2. The molecule has 1 aliphatic carbocycles. The number of carbonyl (C=O) groups excluding carboxylic acids is 2. The Morgan fingerprint density at radius 2 is 1.65 bits per heavy atom. The minimum Gasteiger partial charge on any atom is -0.341 e. The van der Waals surface area contributed by atoms with Crippen molar-refractivity contribution in [3.63, 3.8) is 0 Å². The summed E-state index contributed by atoms with van der Waals surface area (Å²) in [6.07, 6.45) is 3.50. The van der Waals surface area contributed by atoms with Crippen LogP contribution in [0.1, 0.15) is 36.0 Å². The molecule has 0 radical (unpaired) electrons. The summed E-state index contributed by atoms with van der Waals surface area (Å²) in [5.41, 5.74) is 6.64. The first-order valence-corrected chi connectivity index (χ1v) is 8.54. The van der Waals surface area contributed by atoms with Crippen molar-refractivity contribution in [2.75, 3.05) is 26.2 Å². The normalized spacial score (nSPS) is 25.3. The van der Waals surface area contributed by atoms with E-state index in [9.17, 15) is 9.59 Å². The van der Waals surface area contributed by atoms with Gasteiger partial charge >= 0.3 is 0 Å². The summed E-state index contributed by atoms with van der Waals surface area (Å²) in [5.74, 6) is 0.371. The van der Waals surface area contributed by atoms with Crippen molar-refractivity contribution in [3.8, 4) is 0 Å². The van der Waals surface area contributed by atoms with E-state index in [1.807, 2.05) is 40.1 Å². The largest absolute Gasteiger partial charge is 0.341 e. The molecule has 1 saturated heterocycles. The SMILES string of the molecule is NC1CCC(C(=O)N2CCCN(C(=O)c3ccccc3)CC2)C1. The van der Waals surface area contributed by atoms with Gasteiger partial charge in [-0.3, -0.25) is 9.59 Å². The smallest absolute Gasteiger partial charge is 0.253 e. The zero-order valence-corrected chi connectivity index (χ0v) is 13.5. The van der Waals surface area contributed by atoms with Crippen molar-refractivity contribution < 1.29 is 9.59 Å². The molecule has 0 aromatic heterocycles. The van der Waals surface area contributed by atoms with Gasteiger partial charge in [0.25, 0.3) is 5.91 Å². The van der Waals surface area contributed by atoms with E-state index in [0.717, 1.165) is 32.2 Å². The van der Waals surface area contributed by atoms with Crippen LogP contribution in [0.2, 0.25) is 0 Å². The molecule has 2 unspecified atom stereocenters. The molecule has 2 amide bonds. The molecule has 5 nitrogen and oxygen atoms in total.